The van der Waals surface area contributed by atoms with E-state index in [1.807, 2.05) is 24.3 Å². The zero-order chi connectivity index (χ0) is 18.9. The normalized spacial score (nSPS) is 11.1. The highest BCUT2D eigenvalue weighted by atomic mass is 127. The summed E-state index contributed by atoms with van der Waals surface area (Å²) in [6.45, 7) is 4.90. The molecule has 2 N–H and O–H groups in total. The second-order valence-electron chi connectivity index (χ2n) is 5.95. The van der Waals surface area contributed by atoms with Crippen LogP contribution in [0.5, 0.6) is 0 Å². The number of guanidine groups is 1. The number of nitrogens with one attached hydrogen (secondary N) is 2. The molecule has 0 aliphatic carbocycles. The minimum absolute atomic E-state index is 0. The topological polar surface area (TPSA) is 67.1 Å². The maximum Gasteiger partial charge on any atom is 0.191 e. The first kappa shape index (κ1) is 22.6. The van der Waals surface area contributed by atoms with Gasteiger partial charge >= 0.3 is 0 Å². The zero-order valence-corrected chi connectivity index (χ0v) is 19.5. The van der Waals surface area contributed by atoms with Crippen molar-refractivity contribution >= 4 is 52.9 Å². The van der Waals surface area contributed by atoms with E-state index >= 15 is 0 Å². The molecule has 0 unspecified atom stereocenters. The molecule has 150 valence electrons. The van der Waals surface area contributed by atoms with Crippen molar-refractivity contribution in [3.8, 4) is 0 Å². The minimum Gasteiger partial charge on any atom is -0.355 e. The number of hydrogen-bond acceptors (Lipinski definition) is 4. The SMILES string of the molecule is CCc1nncn1CCNC(=NCc1cccc(Cl)c1)NCc1cccs1.I. The van der Waals surface area contributed by atoms with E-state index in [-0.39, 0.29) is 24.0 Å². The highest BCUT2D eigenvalue weighted by Gasteiger charge is 2.04. The molecule has 1 aromatic carbocycles. The van der Waals surface area contributed by atoms with Crippen LogP contribution in [0.1, 0.15) is 23.2 Å². The van der Waals surface area contributed by atoms with Gasteiger partial charge in [-0.05, 0) is 29.1 Å². The first-order chi connectivity index (χ1) is 13.2. The van der Waals surface area contributed by atoms with Crippen molar-refractivity contribution < 1.29 is 0 Å². The predicted molar refractivity (Wildman–Crippen MR) is 127 cm³/mol. The van der Waals surface area contributed by atoms with Gasteiger partial charge in [0.15, 0.2) is 5.96 Å². The number of thiophene rings is 1. The molecule has 2 heterocycles. The number of aromatic nitrogens is 3. The van der Waals surface area contributed by atoms with E-state index in [1.54, 1.807) is 17.7 Å². The maximum absolute atomic E-state index is 6.07. The van der Waals surface area contributed by atoms with Crippen molar-refractivity contribution in [2.45, 2.75) is 33.0 Å². The van der Waals surface area contributed by atoms with E-state index in [0.717, 1.165) is 48.4 Å². The monoisotopic (exact) mass is 530 g/mol. The lowest BCUT2D eigenvalue weighted by Gasteiger charge is -2.13. The second-order valence-corrected chi connectivity index (χ2v) is 7.42. The van der Waals surface area contributed by atoms with Crippen molar-refractivity contribution in [1.82, 2.24) is 25.4 Å². The lowest BCUT2D eigenvalue weighted by atomic mass is 10.2. The van der Waals surface area contributed by atoms with Crippen LogP contribution in [0.25, 0.3) is 0 Å². The van der Waals surface area contributed by atoms with Gasteiger partial charge in [0.2, 0.25) is 0 Å². The van der Waals surface area contributed by atoms with Crippen molar-refractivity contribution in [1.29, 1.82) is 0 Å². The van der Waals surface area contributed by atoms with Crippen molar-refractivity contribution in [2.24, 2.45) is 4.99 Å². The van der Waals surface area contributed by atoms with Crippen molar-refractivity contribution in [3.63, 3.8) is 0 Å². The fraction of sp³-hybridized carbons (Fsp3) is 0.316. The molecule has 0 aliphatic heterocycles. The molecule has 0 spiro atoms. The molecule has 0 saturated heterocycles. The molecule has 0 saturated carbocycles. The number of aryl methyl sites for hydroxylation is 1. The number of hydrogen-bond donors (Lipinski definition) is 2. The zero-order valence-electron chi connectivity index (χ0n) is 15.6. The smallest absolute Gasteiger partial charge is 0.191 e. The molecule has 0 aliphatic rings. The molecule has 0 fully saturated rings. The van der Waals surface area contributed by atoms with Gasteiger partial charge in [0.05, 0.1) is 13.1 Å². The average molecular weight is 531 g/mol. The Balaban J connectivity index is 0.00000280. The third kappa shape index (κ3) is 7.06. The Morgan fingerprint density at radius 1 is 1.25 bits per heavy atom. The molecular weight excluding hydrogens is 507 g/mol. The van der Waals surface area contributed by atoms with Crippen LogP contribution in [0.4, 0.5) is 0 Å². The molecule has 28 heavy (non-hydrogen) atoms. The van der Waals surface area contributed by atoms with E-state index < -0.39 is 0 Å². The third-order valence-corrected chi connectivity index (χ3v) is 5.09. The summed E-state index contributed by atoms with van der Waals surface area (Å²) >= 11 is 7.79. The summed E-state index contributed by atoms with van der Waals surface area (Å²) in [5, 5.41) is 17.7. The van der Waals surface area contributed by atoms with Crippen molar-refractivity contribution in [3.05, 3.63) is 69.4 Å². The van der Waals surface area contributed by atoms with Crippen molar-refractivity contribution in [2.75, 3.05) is 6.54 Å². The van der Waals surface area contributed by atoms with Crippen LogP contribution in [0, 0.1) is 0 Å². The standard InChI is InChI=1S/C19H23ClN6S.HI/c1-2-18-25-24-14-26(18)9-8-21-19(23-13-17-7-4-10-27-17)22-12-15-5-3-6-16(20)11-15;/h3-7,10-11,14H,2,8-9,12-13H2,1H3,(H2,21,22,23);1H. The van der Waals surface area contributed by atoms with E-state index in [2.05, 4.69) is 49.8 Å². The van der Waals surface area contributed by atoms with Gasteiger partial charge in [-0.2, -0.15) is 0 Å². The third-order valence-electron chi connectivity index (χ3n) is 3.98. The molecule has 0 radical (unpaired) electrons. The van der Waals surface area contributed by atoms with Gasteiger partial charge in [0, 0.05) is 29.4 Å². The highest BCUT2D eigenvalue weighted by molar-refractivity contribution is 14.0. The summed E-state index contributed by atoms with van der Waals surface area (Å²) in [4.78, 5) is 5.96. The predicted octanol–water partition coefficient (Wildman–Crippen LogP) is 4.11. The van der Waals surface area contributed by atoms with E-state index in [0.29, 0.717) is 6.54 Å². The largest absolute Gasteiger partial charge is 0.355 e. The van der Waals surface area contributed by atoms with Gasteiger partial charge in [0.25, 0.3) is 0 Å². The van der Waals surface area contributed by atoms with Gasteiger partial charge < -0.3 is 15.2 Å². The number of halogens is 2. The lowest BCUT2D eigenvalue weighted by Crippen LogP contribution is -2.38. The fourth-order valence-corrected chi connectivity index (χ4v) is 3.46. The van der Waals surface area contributed by atoms with Gasteiger partial charge in [-0.25, -0.2) is 4.99 Å². The summed E-state index contributed by atoms with van der Waals surface area (Å²) in [6, 6.07) is 11.9. The Labute approximate surface area is 191 Å². The summed E-state index contributed by atoms with van der Waals surface area (Å²) in [5.74, 6) is 1.76. The fourth-order valence-electron chi connectivity index (χ4n) is 2.60. The van der Waals surface area contributed by atoms with Gasteiger partial charge in [-0.1, -0.05) is 36.7 Å². The molecule has 2 aromatic heterocycles. The molecule has 3 rings (SSSR count). The first-order valence-corrected chi connectivity index (χ1v) is 10.2. The number of benzene rings is 1. The molecule has 0 atom stereocenters. The Kier molecular flexibility index (Phi) is 9.72. The van der Waals surface area contributed by atoms with Crippen LogP contribution < -0.4 is 10.6 Å². The van der Waals surface area contributed by atoms with Crippen LogP contribution in [-0.2, 0) is 26.1 Å². The number of aliphatic imine (C=N–C) groups is 1. The van der Waals surface area contributed by atoms with Crippen LogP contribution in [-0.4, -0.2) is 27.3 Å². The Hall–Kier alpha value is -1.65. The Morgan fingerprint density at radius 2 is 2.14 bits per heavy atom. The first-order valence-electron chi connectivity index (χ1n) is 8.90. The molecule has 3 aromatic rings. The van der Waals surface area contributed by atoms with Crippen LogP contribution in [0.15, 0.2) is 53.1 Å². The average Bonchev–Trinajstić information content (AvgIpc) is 3.35. The van der Waals surface area contributed by atoms with E-state index in [4.69, 9.17) is 16.6 Å². The van der Waals surface area contributed by atoms with Gasteiger partial charge in [-0.15, -0.1) is 45.5 Å². The summed E-state index contributed by atoms with van der Waals surface area (Å²) in [7, 11) is 0. The Bertz CT molecular complexity index is 865. The number of nitrogens with zero attached hydrogens (tertiary/aromatic N) is 4. The minimum atomic E-state index is 0. The van der Waals surface area contributed by atoms with E-state index in [9.17, 15) is 0 Å². The quantitative estimate of drug-likeness (QED) is 0.261. The number of rotatable bonds is 8. The molecule has 6 nitrogen and oxygen atoms in total. The van der Waals surface area contributed by atoms with Crippen LogP contribution >= 0.6 is 46.9 Å². The Morgan fingerprint density at radius 3 is 2.89 bits per heavy atom. The second kappa shape index (κ2) is 12.0. The lowest BCUT2D eigenvalue weighted by molar-refractivity contribution is 0.631. The summed E-state index contributed by atoms with van der Waals surface area (Å²) < 4.78 is 2.06. The summed E-state index contributed by atoms with van der Waals surface area (Å²) in [5.41, 5.74) is 1.08. The highest BCUT2D eigenvalue weighted by Crippen LogP contribution is 2.11. The summed E-state index contributed by atoms with van der Waals surface area (Å²) in [6.07, 6.45) is 2.63. The van der Waals surface area contributed by atoms with E-state index in [1.165, 1.54) is 4.88 Å². The van der Waals surface area contributed by atoms with Gasteiger partial charge in [-0.3, -0.25) is 0 Å². The molecule has 0 amide bonds. The maximum atomic E-state index is 6.07. The molecule has 9 heteroatoms. The van der Waals surface area contributed by atoms with Crippen LogP contribution in [0.3, 0.4) is 0 Å². The van der Waals surface area contributed by atoms with Crippen LogP contribution in [0.2, 0.25) is 5.02 Å². The van der Waals surface area contributed by atoms with Gasteiger partial charge in [0.1, 0.15) is 12.2 Å². The molecule has 0 bridgehead atoms. The molecular formula is C19H24ClIN6S.